The van der Waals surface area contributed by atoms with Crippen LogP contribution in [0.3, 0.4) is 0 Å². The molecule has 6 nitrogen and oxygen atoms in total. The van der Waals surface area contributed by atoms with Crippen molar-refractivity contribution in [1.29, 1.82) is 0 Å². The molecule has 12 heteroatoms. The van der Waals surface area contributed by atoms with E-state index in [-0.39, 0.29) is 31.2 Å². The molecule has 0 spiro atoms. The second-order valence-corrected chi connectivity index (χ2v) is 6.98. The largest absolute Gasteiger partial charge is 0.435 e. The molecule has 0 aromatic carbocycles. The lowest BCUT2D eigenvalue weighted by Crippen LogP contribution is -2.30. The Bertz CT molecular complexity index is 878. The molecule has 1 aliphatic rings. The van der Waals surface area contributed by atoms with Crippen LogP contribution in [0.15, 0.2) is 12.1 Å². The molecule has 1 N–H and O–H groups in total. The highest BCUT2D eigenvalue weighted by molar-refractivity contribution is 5.75. The third-order valence-electron chi connectivity index (χ3n) is 4.53. The Hall–Kier alpha value is -2.53. The summed E-state index contributed by atoms with van der Waals surface area (Å²) in [4.78, 5) is 11.9. The van der Waals surface area contributed by atoms with Gasteiger partial charge in [0.05, 0.1) is 0 Å². The van der Waals surface area contributed by atoms with Crippen LogP contribution in [-0.2, 0) is 30.2 Å². The standard InChI is InChI=1S/C17H19F6N5O/c1-10-7-13(16(18,19)20)26-28(10)9-15(29)24-5-2-6-27-12(11-3-4-11)8-14(25-27)17(21,22)23/h7-8,11H,2-6,9H2,1H3,(H,24,29). The summed E-state index contributed by atoms with van der Waals surface area (Å²) in [5.41, 5.74) is -1.28. The highest BCUT2D eigenvalue weighted by Gasteiger charge is 2.37. The van der Waals surface area contributed by atoms with Gasteiger partial charge in [0.2, 0.25) is 5.91 Å². The Morgan fingerprint density at radius 3 is 2.21 bits per heavy atom. The number of aromatic nitrogens is 4. The van der Waals surface area contributed by atoms with Crippen LogP contribution < -0.4 is 5.32 Å². The van der Waals surface area contributed by atoms with Crippen molar-refractivity contribution < 1.29 is 31.1 Å². The van der Waals surface area contributed by atoms with Crippen LogP contribution in [0.1, 0.15) is 48.0 Å². The normalized spacial score (nSPS) is 15.0. The molecule has 29 heavy (non-hydrogen) atoms. The zero-order valence-corrected chi connectivity index (χ0v) is 15.4. The molecule has 1 saturated carbocycles. The van der Waals surface area contributed by atoms with Gasteiger partial charge in [-0.3, -0.25) is 14.2 Å². The lowest BCUT2D eigenvalue weighted by molar-refractivity contribution is -0.142. The zero-order chi connectivity index (χ0) is 21.4. The van der Waals surface area contributed by atoms with Crippen molar-refractivity contribution in [3.8, 4) is 0 Å². The fourth-order valence-electron chi connectivity index (χ4n) is 2.91. The zero-order valence-electron chi connectivity index (χ0n) is 15.4. The van der Waals surface area contributed by atoms with E-state index in [0.29, 0.717) is 12.1 Å². The van der Waals surface area contributed by atoms with Gasteiger partial charge in [-0.15, -0.1) is 0 Å². The lowest BCUT2D eigenvalue weighted by Gasteiger charge is -2.09. The second kappa shape index (κ2) is 7.71. The van der Waals surface area contributed by atoms with Crippen molar-refractivity contribution in [2.75, 3.05) is 6.54 Å². The number of carbonyl (C=O) groups is 1. The Morgan fingerprint density at radius 1 is 1.07 bits per heavy atom. The summed E-state index contributed by atoms with van der Waals surface area (Å²) in [5.74, 6) is -0.456. The van der Waals surface area contributed by atoms with Gasteiger partial charge in [0.1, 0.15) is 6.54 Å². The highest BCUT2D eigenvalue weighted by Crippen LogP contribution is 2.42. The molecular weight excluding hydrogens is 404 g/mol. The molecule has 1 aliphatic carbocycles. The average molecular weight is 423 g/mol. The van der Waals surface area contributed by atoms with E-state index in [0.717, 1.165) is 29.7 Å². The third-order valence-corrected chi connectivity index (χ3v) is 4.53. The van der Waals surface area contributed by atoms with E-state index in [1.54, 1.807) is 0 Å². The maximum atomic E-state index is 12.9. The molecule has 0 atom stereocenters. The van der Waals surface area contributed by atoms with E-state index in [9.17, 15) is 31.1 Å². The third kappa shape index (κ3) is 5.30. The maximum absolute atomic E-state index is 12.9. The molecular formula is C17H19F6N5O. The Morgan fingerprint density at radius 2 is 1.66 bits per heavy atom. The summed E-state index contributed by atoms with van der Waals surface area (Å²) in [6.45, 7) is 1.37. The predicted octanol–water partition coefficient (Wildman–Crippen LogP) is 3.51. The number of alkyl halides is 6. The van der Waals surface area contributed by atoms with Crippen LogP contribution in [0.2, 0.25) is 0 Å². The minimum atomic E-state index is -4.59. The SMILES string of the molecule is Cc1cc(C(F)(F)F)nn1CC(=O)NCCCn1nc(C(F)(F)F)cc1C1CC1. The number of aryl methyl sites for hydroxylation is 2. The van der Waals surface area contributed by atoms with E-state index in [1.807, 2.05) is 0 Å². The number of hydrogen-bond donors (Lipinski definition) is 1. The van der Waals surface area contributed by atoms with Crippen LogP contribution in [0.4, 0.5) is 26.3 Å². The van der Waals surface area contributed by atoms with Gasteiger partial charge in [-0.05, 0) is 38.3 Å². The number of halogens is 6. The summed E-state index contributed by atoms with van der Waals surface area (Å²) in [6, 6.07) is 1.91. The lowest BCUT2D eigenvalue weighted by atomic mass is 10.2. The highest BCUT2D eigenvalue weighted by atomic mass is 19.4. The monoisotopic (exact) mass is 423 g/mol. The van der Waals surface area contributed by atoms with Gasteiger partial charge in [0.25, 0.3) is 0 Å². The minimum Gasteiger partial charge on any atom is -0.354 e. The van der Waals surface area contributed by atoms with Gasteiger partial charge < -0.3 is 5.32 Å². The van der Waals surface area contributed by atoms with E-state index in [4.69, 9.17) is 0 Å². The molecule has 0 radical (unpaired) electrons. The molecule has 2 aromatic rings. The van der Waals surface area contributed by atoms with Gasteiger partial charge >= 0.3 is 12.4 Å². The molecule has 0 unspecified atom stereocenters. The first-order valence-corrected chi connectivity index (χ1v) is 8.98. The first-order valence-electron chi connectivity index (χ1n) is 8.98. The van der Waals surface area contributed by atoms with Gasteiger partial charge in [-0.2, -0.15) is 36.5 Å². The first-order chi connectivity index (χ1) is 13.4. The predicted molar refractivity (Wildman–Crippen MR) is 88.8 cm³/mol. The Balaban J connectivity index is 1.50. The number of nitrogens with one attached hydrogen (secondary N) is 1. The second-order valence-electron chi connectivity index (χ2n) is 6.98. The molecule has 3 rings (SSSR count). The van der Waals surface area contributed by atoms with Crippen molar-refractivity contribution in [1.82, 2.24) is 24.9 Å². The summed E-state index contributed by atoms with van der Waals surface area (Å²) in [6.07, 6.45) is -7.13. The fraction of sp³-hybridized carbons (Fsp3) is 0.588. The Labute approximate surface area is 161 Å². The van der Waals surface area contributed by atoms with Gasteiger partial charge in [0.15, 0.2) is 11.4 Å². The first kappa shape index (κ1) is 21.2. The van der Waals surface area contributed by atoms with E-state index in [2.05, 4.69) is 15.5 Å². The van der Waals surface area contributed by atoms with Crippen molar-refractivity contribution in [3.05, 3.63) is 34.9 Å². The van der Waals surface area contributed by atoms with Crippen molar-refractivity contribution in [2.24, 2.45) is 0 Å². The number of rotatable bonds is 7. The van der Waals surface area contributed by atoms with Gasteiger partial charge in [-0.25, -0.2) is 0 Å². The fourth-order valence-corrected chi connectivity index (χ4v) is 2.91. The number of nitrogens with zero attached hydrogens (tertiary/aromatic N) is 4. The van der Waals surface area contributed by atoms with Crippen molar-refractivity contribution >= 4 is 5.91 Å². The summed E-state index contributed by atoms with van der Waals surface area (Å²) in [7, 11) is 0. The Kier molecular flexibility index (Phi) is 5.63. The topological polar surface area (TPSA) is 64.7 Å². The van der Waals surface area contributed by atoms with Crippen LogP contribution in [-0.4, -0.2) is 32.0 Å². The van der Waals surface area contributed by atoms with Crippen LogP contribution in [0, 0.1) is 6.92 Å². The molecule has 0 bridgehead atoms. The van der Waals surface area contributed by atoms with Crippen molar-refractivity contribution in [3.63, 3.8) is 0 Å². The molecule has 1 amide bonds. The van der Waals surface area contributed by atoms with Crippen LogP contribution in [0.25, 0.3) is 0 Å². The molecule has 1 fully saturated rings. The molecule has 160 valence electrons. The molecule has 0 saturated heterocycles. The number of hydrogen-bond acceptors (Lipinski definition) is 3. The van der Waals surface area contributed by atoms with Crippen LogP contribution >= 0.6 is 0 Å². The summed E-state index contributed by atoms with van der Waals surface area (Å²) in [5, 5.41) is 9.53. The minimum absolute atomic E-state index is 0.0822. The summed E-state index contributed by atoms with van der Waals surface area (Å²) < 4.78 is 78.8. The number of carbonyl (C=O) groups excluding carboxylic acids is 1. The van der Waals surface area contributed by atoms with E-state index in [1.165, 1.54) is 11.6 Å². The van der Waals surface area contributed by atoms with Gasteiger partial charge in [0, 0.05) is 30.4 Å². The quantitative estimate of drug-likeness (QED) is 0.548. The van der Waals surface area contributed by atoms with Crippen molar-refractivity contribution in [2.45, 2.75) is 57.5 Å². The molecule has 2 aromatic heterocycles. The smallest absolute Gasteiger partial charge is 0.354 e. The van der Waals surface area contributed by atoms with E-state index >= 15 is 0 Å². The van der Waals surface area contributed by atoms with Gasteiger partial charge in [-0.1, -0.05) is 0 Å². The maximum Gasteiger partial charge on any atom is 0.435 e. The molecule has 0 aliphatic heterocycles. The van der Waals surface area contributed by atoms with E-state index < -0.39 is 29.6 Å². The summed E-state index contributed by atoms with van der Waals surface area (Å²) >= 11 is 0. The average Bonchev–Trinajstić information content (AvgIpc) is 3.23. The number of amides is 1. The molecule has 2 heterocycles. The van der Waals surface area contributed by atoms with Crippen LogP contribution in [0.5, 0.6) is 0 Å².